The molecule has 1 aromatic carbocycles. The molecule has 9 nitrogen and oxygen atoms in total. The first-order valence-corrected chi connectivity index (χ1v) is 14.1. The first-order chi connectivity index (χ1) is 18.4. The van der Waals surface area contributed by atoms with Crippen molar-refractivity contribution >= 4 is 22.7 Å². The van der Waals surface area contributed by atoms with Gasteiger partial charge in [0.2, 0.25) is 11.8 Å². The molecule has 4 aliphatic rings. The Morgan fingerprint density at radius 2 is 1.84 bits per heavy atom. The van der Waals surface area contributed by atoms with Gasteiger partial charge in [-0.2, -0.15) is 0 Å². The van der Waals surface area contributed by atoms with E-state index >= 15 is 0 Å². The minimum atomic E-state index is -0.415. The molecular formula is C29H40N4O5. The van der Waals surface area contributed by atoms with Crippen LogP contribution < -0.4 is 4.74 Å². The molecule has 3 aliphatic heterocycles. The molecule has 4 heterocycles. The summed E-state index contributed by atoms with van der Waals surface area (Å²) in [7, 11) is 3.70. The molecule has 1 N–H and O–H groups in total. The van der Waals surface area contributed by atoms with Gasteiger partial charge in [0.25, 0.3) is 0 Å². The van der Waals surface area contributed by atoms with Gasteiger partial charge in [-0.1, -0.05) is 0 Å². The van der Waals surface area contributed by atoms with E-state index in [2.05, 4.69) is 15.5 Å². The van der Waals surface area contributed by atoms with Crippen LogP contribution in [0.1, 0.15) is 49.4 Å². The summed E-state index contributed by atoms with van der Waals surface area (Å²) in [5, 5.41) is 11.8. The number of carbonyl (C=O) groups excluding carboxylic acids is 2. The van der Waals surface area contributed by atoms with Gasteiger partial charge < -0.3 is 28.9 Å². The highest BCUT2D eigenvalue weighted by atomic mass is 16.5. The number of aryl methyl sites for hydroxylation is 1. The van der Waals surface area contributed by atoms with Gasteiger partial charge in [0, 0.05) is 68.8 Å². The molecule has 0 radical (unpaired) electrons. The average Bonchev–Trinajstić information content (AvgIpc) is 3.71. The molecule has 6 rings (SSSR count). The molecule has 1 atom stereocenters. The largest absolute Gasteiger partial charge is 0.497 e. The fourth-order valence-corrected chi connectivity index (χ4v) is 6.95. The lowest BCUT2D eigenvalue weighted by Crippen LogP contribution is -2.57. The van der Waals surface area contributed by atoms with Crippen LogP contribution in [0.2, 0.25) is 0 Å². The smallest absolute Gasteiger partial charge is 0.237 e. The first-order valence-electron chi connectivity index (χ1n) is 14.1. The highest BCUT2D eigenvalue weighted by Crippen LogP contribution is 2.50. The number of amides is 2. The average molecular weight is 525 g/mol. The molecule has 2 amide bonds. The van der Waals surface area contributed by atoms with Crippen molar-refractivity contribution in [1.82, 2.24) is 19.3 Å². The van der Waals surface area contributed by atoms with Crippen LogP contribution in [-0.2, 0) is 26.8 Å². The Morgan fingerprint density at radius 3 is 2.50 bits per heavy atom. The van der Waals surface area contributed by atoms with Gasteiger partial charge in [-0.3, -0.25) is 14.5 Å². The van der Waals surface area contributed by atoms with Crippen LogP contribution in [0.3, 0.4) is 0 Å². The molecule has 0 unspecified atom stereocenters. The molecular weight excluding hydrogens is 484 g/mol. The Kier molecular flexibility index (Phi) is 6.86. The lowest BCUT2D eigenvalue weighted by atomic mass is 9.68. The van der Waals surface area contributed by atoms with Crippen molar-refractivity contribution in [2.24, 2.45) is 13.0 Å². The number of rotatable bonds is 6. The summed E-state index contributed by atoms with van der Waals surface area (Å²) in [6.45, 7) is 4.92. The Bertz CT molecular complexity index is 1210. The number of methoxy groups -OCH3 is 1. The normalized spacial score (nSPS) is 23.6. The van der Waals surface area contributed by atoms with Crippen molar-refractivity contribution in [2.45, 2.75) is 43.6 Å². The highest BCUT2D eigenvalue weighted by molar-refractivity contribution is 5.90. The third-order valence-corrected chi connectivity index (χ3v) is 9.34. The molecule has 3 fully saturated rings. The van der Waals surface area contributed by atoms with E-state index in [0.717, 1.165) is 48.3 Å². The van der Waals surface area contributed by atoms with Crippen LogP contribution in [-0.4, -0.2) is 102 Å². The number of morpholine rings is 1. The van der Waals surface area contributed by atoms with E-state index < -0.39 is 6.04 Å². The van der Waals surface area contributed by atoms with E-state index in [1.54, 1.807) is 7.11 Å². The third-order valence-electron chi connectivity index (χ3n) is 9.34. The topological polar surface area (TPSA) is 87.5 Å². The van der Waals surface area contributed by atoms with Crippen LogP contribution in [0.15, 0.2) is 18.2 Å². The quantitative estimate of drug-likeness (QED) is 0.623. The molecule has 9 heteroatoms. The van der Waals surface area contributed by atoms with Crippen LogP contribution in [0, 0.1) is 5.92 Å². The fourth-order valence-electron chi connectivity index (χ4n) is 6.95. The van der Waals surface area contributed by atoms with Crippen molar-refractivity contribution in [3.05, 3.63) is 29.5 Å². The lowest BCUT2D eigenvalue weighted by molar-refractivity contribution is -0.141. The number of aliphatic hydroxyl groups is 1. The Labute approximate surface area is 224 Å². The molecule has 38 heavy (non-hydrogen) atoms. The number of aliphatic hydroxyl groups excluding tert-OH is 1. The number of aromatic nitrogens is 1. The zero-order valence-corrected chi connectivity index (χ0v) is 22.7. The minimum Gasteiger partial charge on any atom is -0.497 e. The SMILES string of the molecule is COc1ccc2c3c(n(C)c2c1)[C@@H](CO)N(C(=O)CN1CCOCC1)CC31CCN(C(=O)CC2CC2)CC1. The Balaban J connectivity index is 1.38. The van der Waals surface area contributed by atoms with Gasteiger partial charge in [0.05, 0.1) is 45.0 Å². The van der Waals surface area contributed by atoms with Gasteiger partial charge in [0.15, 0.2) is 0 Å². The van der Waals surface area contributed by atoms with Crippen molar-refractivity contribution in [1.29, 1.82) is 0 Å². The summed E-state index contributed by atoms with van der Waals surface area (Å²) in [6, 6.07) is 5.75. The summed E-state index contributed by atoms with van der Waals surface area (Å²) in [6.07, 6.45) is 4.63. The van der Waals surface area contributed by atoms with Crippen molar-refractivity contribution in [3.8, 4) is 5.75 Å². The summed E-state index contributed by atoms with van der Waals surface area (Å²) >= 11 is 0. The first kappa shape index (κ1) is 25.6. The maximum Gasteiger partial charge on any atom is 0.237 e. The zero-order chi connectivity index (χ0) is 26.4. The van der Waals surface area contributed by atoms with Gasteiger partial charge in [-0.15, -0.1) is 0 Å². The number of benzene rings is 1. The van der Waals surface area contributed by atoms with E-state index in [4.69, 9.17) is 9.47 Å². The van der Waals surface area contributed by atoms with Crippen LogP contribution >= 0.6 is 0 Å². The number of nitrogens with zero attached hydrogens (tertiary/aromatic N) is 4. The summed E-state index contributed by atoms with van der Waals surface area (Å²) in [5.41, 5.74) is 3.02. The zero-order valence-electron chi connectivity index (χ0n) is 22.7. The highest BCUT2D eigenvalue weighted by Gasteiger charge is 2.50. The predicted octanol–water partition coefficient (Wildman–Crippen LogP) is 2.06. The monoisotopic (exact) mass is 524 g/mol. The van der Waals surface area contributed by atoms with Crippen molar-refractivity contribution in [3.63, 3.8) is 0 Å². The van der Waals surface area contributed by atoms with Crippen LogP contribution in [0.25, 0.3) is 10.9 Å². The molecule has 0 bridgehead atoms. The summed E-state index contributed by atoms with van der Waals surface area (Å²) < 4.78 is 13.2. The Hall–Kier alpha value is -2.62. The van der Waals surface area contributed by atoms with E-state index in [0.29, 0.717) is 51.7 Å². The second-order valence-corrected chi connectivity index (χ2v) is 11.6. The molecule has 1 aliphatic carbocycles. The van der Waals surface area contributed by atoms with E-state index in [1.165, 1.54) is 18.4 Å². The van der Waals surface area contributed by atoms with Gasteiger partial charge in [-0.25, -0.2) is 0 Å². The van der Waals surface area contributed by atoms with E-state index in [1.807, 2.05) is 29.0 Å². The van der Waals surface area contributed by atoms with E-state index in [-0.39, 0.29) is 23.8 Å². The molecule has 1 saturated carbocycles. The molecule has 206 valence electrons. The van der Waals surface area contributed by atoms with E-state index in [9.17, 15) is 14.7 Å². The standard InChI is InChI=1S/C29H40N4O5/c1-30-23-16-21(37-2)5-6-22(23)27-28(30)24(18-34)33(26(36)17-31-11-13-38-14-12-31)19-29(27)7-9-32(10-8-29)25(35)15-20-3-4-20/h5-6,16,20,24,34H,3-4,7-15,17-19H2,1-2H3/t24-/m1/s1. The molecule has 2 saturated heterocycles. The maximum absolute atomic E-state index is 13.8. The van der Waals surface area contributed by atoms with Gasteiger partial charge in [-0.05, 0) is 49.3 Å². The number of hydrogen-bond acceptors (Lipinski definition) is 6. The van der Waals surface area contributed by atoms with Gasteiger partial charge in [0.1, 0.15) is 5.75 Å². The van der Waals surface area contributed by atoms with Crippen LogP contribution in [0.4, 0.5) is 0 Å². The number of carbonyl (C=O) groups is 2. The summed E-state index contributed by atoms with van der Waals surface area (Å²) in [5.74, 6) is 1.68. The predicted molar refractivity (Wildman–Crippen MR) is 143 cm³/mol. The van der Waals surface area contributed by atoms with Gasteiger partial charge >= 0.3 is 0 Å². The second kappa shape index (κ2) is 10.2. The molecule has 2 aromatic rings. The van der Waals surface area contributed by atoms with Crippen molar-refractivity contribution in [2.75, 3.05) is 66.2 Å². The fraction of sp³-hybridized carbons (Fsp3) is 0.655. The lowest BCUT2D eigenvalue weighted by Gasteiger charge is -2.51. The third kappa shape index (κ3) is 4.48. The number of ether oxygens (including phenoxy) is 2. The molecule has 1 spiro atoms. The minimum absolute atomic E-state index is 0.0473. The maximum atomic E-state index is 13.8. The number of hydrogen-bond donors (Lipinski definition) is 1. The number of piperidine rings is 1. The second-order valence-electron chi connectivity index (χ2n) is 11.6. The summed E-state index contributed by atoms with van der Waals surface area (Å²) in [4.78, 5) is 32.9. The van der Waals surface area contributed by atoms with Crippen LogP contribution in [0.5, 0.6) is 5.75 Å². The number of likely N-dealkylation sites (tertiary alicyclic amines) is 1. The number of fused-ring (bicyclic) bond motifs is 4. The van der Waals surface area contributed by atoms with Crippen molar-refractivity contribution < 1.29 is 24.2 Å². The Morgan fingerprint density at radius 1 is 1.11 bits per heavy atom. The molecule has 1 aromatic heterocycles.